The standard InChI is InChI=1S/C21H24N4/c1-2-22-21(24-14-12-17-8-4-3-5-9-17)25-16-18-13-15-23-20-11-7-6-10-19(18)20/h3-11,13,15H,2,12,14,16H2,1H3,(H2,22,24,25). The second-order valence-corrected chi connectivity index (χ2v) is 5.84. The molecule has 0 spiro atoms. The van der Waals surface area contributed by atoms with E-state index in [9.17, 15) is 0 Å². The van der Waals surface area contributed by atoms with Gasteiger partial charge in [0, 0.05) is 24.7 Å². The highest BCUT2D eigenvalue weighted by molar-refractivity contribution is 5.83. The van der Waals surface area contributed by atoms with Gasteiger partial charge >= 0.3 is 0 Å². The van der Waals surface area contributed by atoms with Crippen LogP contribution in [0.3, 0.4) is 0 Å². The molecular weight excluding hydrogens is 308 g/mol. The number of fused-ring (bicyclic) bond motifs is 1. The van der Waals surface area contributed by atoms with Crippen LogP contribution in [0.4, 0.5) is 0 Å². The van der Waals surface area contributed by atoms with Crippen molar-refractivity contribution < 1.29 is 0 Å². The SMILES string of the molecule is CCNC(=NCc1ccnc2ccccc12)NCCc1ccccc1. The molecule has 0 radical (unpaired) electrons. The van der Waals surface area contributed by atoms with E-state index in [0.29, 0.717) is 6.54 Å². The first-order chi connectivity index (χ1) is 12.4. The van der Waals surface area contributed by atoms with Crippen molar-refractivity contribution in [3.05, 3.63) is 78.0 Å². The number of para-hydroxylation sites is 1. The highest BCUT2D eigenvalue weighted by Crippen LogP contribution is 2.16. The predicted molar refractivity (Wildman–Crippen MR) is 105 cm³/mol. The van der Waals surface area contributed by atoms with E-state index in [1.807, 2.05) is 36.5 Å². The molecule has 1 aromatic heterocycles. The number of guanidine groups is 1. The molecule has 0 aliphatic heterocycles. The number of benzene rings is 2. The van der Waals surface area contributed by atoms with E-state index in [1.54, 1.807) is 0 Å². The number of hydrogen-bond donors (Lipinski definition) is 2. The quantitative estimate of drug-likeness (QED) is 0.536. The summed E-state index contributed by atoms with van der Waals surface area (Å²) in [4.78, 5) is 9.14. The lowest BCUT2D eigenvalue weighted by Crippen LogP contribution is -2.38. The number of aromatic nitrogens is 1. The Kier molecular flexibility index (Phi) is 5.99. The van der Waals surface area contributed by atoms with Crippen molar-refractivity contribution in [2.45, 2.75) is 19.9 Å². The molecule has 0 amide bonds. The van der Waals surface area contributed by atoms with Gasteiger partial charge in [0.25, 0.3) is 0 Å². The van der Waals surface area contributed by atoms with Crippen molar-refractivity contribution in [3.63, 3.8) is 0 Å². The summed E-state index contributed by atoms with van der Waals surface area (Å²) in [5.74, 6) is 0.847. The number of hydrogen-bond acceptors (Lipinski definition) is 2. The summed E-state index contributed by atoms with van der Waals surface area (Å²) >= 11 is 0. The summed E-state index contributed by atoms with van der Waals surface area (Å²) in [6, 6.07) is 20.7. The van der Waals surface area contributed by atoms with Crippen molar-refractivity contribution in [3.8, 4) is 0 Å². The van der Waals surface area contributed by atoms with Crippen LogP contribution in [-0.2, 0) is 13.0 Å². The largest absolute Gasteiger partial charge is 0.357 e. The number of nitrogens with zero attached hydrogens (tertiary/aromatic N) is 2. The Balaban J connectivity index is 1.65. The van der Waals surface area contributed by atoms with E-state index in [2.05, 4.69) is 52.9 Å². The van der Waals surface area contributed by atoms with Gasteiger partial charge < -0.3 is 10.6 Å². The van der Waals surface area contributed by atoms with Crippen molar-refractivity contribution in [1.82, 2.24) is 15.6 Å². The molecule has 0 aliphatic carbocycles. The fourth-order valence-electron chi connectivity index (χ4n) is 2.77. The molecule has 3 rings (SSSR count). The summed E-state index contributed by atoms with van der Waals surface area (Å²) in [6.07, 6.45) is 2.83. The van der Waals surface area contributed by atoms with Gasteiger partial charge in [-0.2, -0.15) is 0 Å². The molecule has 25 heavy (non-hydrogen) atoms. The van der Waals surface area contributed by atoms with E-state index < -0.39 is 0 Å². The molecule has 128 valence electrons. The Morgan fingerprint density at radius 2 is 1.76 bits per heavy atom. The maximum absolute atomic E-state index is 4.73. The van der Waals surface area contributed by atoms with Crippen LogP contribution >= 0.6 is 0 Å². The third-order valence-electron chi connectivity index (χ3n) is 4.04. The molecule has 0 saturated carbocycles. The minimum atomic E-state index is 0.629. The number of aliphatic imine (C=N–C) groups is 1. The molecule has 0 unspecified atom stereocenters. The Morgan fingerprint density at radius 3 is 2.60 bits per heavy atom. The fraction of sp³-hybridized carbons (Fsp3) is 0.238. The predicted octanol–water partition coefficient (Wildman–Crippen LogP) is 3.53. The Labute approximate surface area is 149 Å². The maximum Gasteiger partial charge on any atom is 0.191 e. The van der Waals surface area contributed by atoms with Gasteiger partial charge in [0.1, 0.15) is 0 Å². The molecule has 0 bridgehead atoms. The monoisotopic (exact) mass is 332 g/mol. The highest BCUT2D eigenvalue weighted by atomic mass is 15.2. The van der Waals surface area contributed by atoms with Crippen LogP contribution in [0.5, 0.6) is 0 Å². The summed E-state index contributed by atoms with van der Waals surface area (Å²) in [5, 5.41) is 7.88. The van der Waals surface area contributed by atoms with Gasteiger partial charge in [0.05, 0.1) is 12.1 Å². The topological polar surface area (TPSA) is 49.3 Å². The zero-order valence-electron chi connectivity index (χ0n) is 14.6. The fourth-order valence-corrected chi connectivity index (χ4v) is 2.77. The highest BCUT2D eigenvalue weighted by Gasteiger charge is 2.02. The third-order valence-corrected chi connectivity index (χ3v) is 4.04. The van der Waals surface area contributed by atoms with Crippen molar-refractivity contribution in [2.75, 3.05) is 13.1 Å². The number of pyridine rings is 1. The molecule has 2 aromatic carbocycles. The lowest BCUT2D eigenvalue weighted by molar-refractivity contribution is 0.800. The average molecular weight is 332 g/mol. The summed E-state index contributed by atoms with van der Waals surface area (Å²) in [6.45, 7) is 4.40. The molecule has 4 nitrogen and oxygen atoms in total. The van der Waals surface area contributed by atoms with E-state index >= 15 is 0 Å². The van der Waals surface area contributed by atoms with Gasteiger partial charge in [0.2, 0.25) is 0 Å². The third kappa shape index (κ3) is 4.80. The second kappa shape index (κ2) is 8.83. The normalized spacial score (nSPS) is 11.5. The molecule has 0 saturated heterocycles. The zero-order chi connectivity index (χ0) is 17.3. The van der Waals surface area contributed by atoms with Crippen LogP contribution in [0.1, 0.15) is 18.1 Å². The van der Waals surface area contributed by atoms with Gasteiger partial charge in [-0.15, -0.1) is 0 Å². The minimum Gasteiger partial charge on any atom is -0.357 e. The molecule has 4 heteroatoms. The summed E-state index contributed by atoms with van der Waals surface area (Å²) in [5.41, 5.74) is 3.52. The van der Waals surface area contributed by atoms with E-state index in [-0.39, 0.29) is 0 Å². The van der Waals surface area contributed by atoms with Crippen LogP contribution in [-0.4, -0.2) is 24.0 Å². The number of rotatable bonds is 6. The van der Waals surface area contributed by atoms with Crippen LogP contribution < -0.4 is 10.6 Å². The Hall–Kier alpha value is -2.88. The molecule has 2 N–H and O–H groups in total. The van der Waals surface area contributed by atoms with Crippen molar-refractivity contribution >= 4 is 16.9 Å². The van der Waals surface area contributed by atoms with E-state index in [0.717, 1.165) is 36.4 Å². The summed E-state index contributed by atoms with van der Waals surface area (Å²) < 4.78 is 0. The van der Waals surface area contributed by atoms with Crippen LogP contribution in [0.15, 0.2) is 71.9 Å². The molecule has 0 atom stereocenters. The van der Waals surface area contributed by atoms with Gasteiger partial charge in [-0.3, -0.25) is 4.98 Å². The van der Waals surface area contributed by atoms with Gasteiger partial charge in [-0.05, 0) is 36.6 Å². The van der Waals surface area contributed by atoms with Crippen molar-refractivity contribution in [2.24, 2.45) is 4.99 Å². The molecule has 0 aliphatic rings. The van der Waals surface area contributed by atoms with Crippen molar-refractivity contribution in [1.29, 1.82) is 0 Å². The lowest BCUT2D eigenvalue weighted by atomic mass is 10.1. The maximum atomic E-state index is 4.73. The van der Waals surface area contributed by atoms with Crippen LogP contribution in [0.25, 0.3) is 10.9 Å². The summed E-state index contributed by atoms with van der Waals surface area (Å²) in [7, 11) is 0. The Morgan fingerprint density at radius 1 is 0.960 bits per heavy atom. The van der Waals surface area contributed by atoms with Crippen LogP contribution in [0, 0.1) is 0 Å². The molecule has 3 aromatic rings. The minimum absolute atomic E-state index is 0.629. The first-order valence-electron chi connectivity index (χ1n) is 8.75. The van der Waals surface area contributed by atoms with Gasteiger partial charge in [-0.25, -0.2) is 4.99 Å². The van der Waals surface area contributed by atoms with E-state index in [4.69, 9.17) is 4.99 Å². The zero-order valence-corrected chi connectivity index (χ0v) is 14.6. The smallest absolute Gasteiger partial charge is 0.191 e. The van der Waals surface area contributed by atoms with Gasteiger partial charge in [0.15, 0.2) is 5.96 Å². The molecular formula is C21H24N4. The lowest BCUT2D eigenvalue weighted by Gasteiger charge is -2.12. The average Bonchev–Trinajstić information content (AvgIpc) is 2.67. The van der Waals surface area contributed by atoms with Crippen LogP contribution in [0.2, 0.25) is 0 Å². The first-order valence-corrected chi connectivity index (χ1v) is 8.75. The first kappa shape index (κ1) is 17.0. The number of nitrogens with one attached hydrogen (secondary N) is 2. The Bertz CT molecular complexity index is 822. The van der Waals surface area contributed by atoms with Gasteiger partial charge in [-0.1, -0.05) is 48.5 Å². The van der Waals surface area contributed by atoms with E-state index in [1.165, 1.54) is 11.1 Å². The second-order valence-electron chi connectivity index (χ2n) is 5.84. The molecule has 0 fully saturated rings. The molecule has 1 heterocycles.